The van der Waals surface area contributed by atoms with Crippen molar-refractivity contribution in [1.82, 2.24) is 9.55 Å². The van der Waals surface area contributed by atoms with Gasteiger partial charge in [0.05, 0.1) is 0 Å². The number of halogens is 1. The lowest BCUT2D eigenvalue weighted by molar-refractivity contribution is 0.502. The Morgan fingerprint density at radius 1 is 1.24 bits per heavy atom. The molecule has 0 aliphatic heterocycles. The first-order valence-electron chi connectivity index (χ1n) is 7.43. The fraction of sp³-hybridized carbons (Fsp3) is 0.471. The molecule has 1 aromatic heterocycles. The standard InChI is InChI=1S/C17H24FN3/c1-10(2)9-21-16(19)15(20-17(21)11(3)4)13-6-7-14(18)12(5)8-13/h6-8,10-11H,9,19H2,1-5H3. The fourth-order valence-corrected chi connectivity index (χ4v) is 2.49. The third-order valence-electron chi connectivity index (χ3n) is 3.53. The molecule has 1 aromatic carbocycles. The third kappa shape index (κ3) is 3.09. The van der Waals surface area contributed by atoms with Gasteiger partial charge in [-0.1, -0.05) is 27.7 Å². The Hall–Kier alpha value is -1.84. The fourth-order valence-electron chi connectivity index (χ4n) is 2.49. The van der Waals surface area contributed by atoms with Crippen molar-refractivity contribution in [3.8, 4) is 11.3 Å². The van der Waals surface area contributed by atoms with Crippen LogP contribution < -0.4 is 5.73 Å². The molecule has 2 aromatic rings. The van der Waals surface area contributed by atoms with Gasteiger partial charge in [-0.3, -0.25) is 0 Å². The van der Waals surface area contributed by atoms with Crippen LogP contribution in [0.15, 0.2) is 18.2 Å². The maximum Gasteiger partial charge on any atom is 0.131 e. The van der Waals surface area contributed by atoms with Crippen LogP contribution in [0.5, 0.6) is 0 Å². The summed E-state index contributed by atoms with van der Waals surface area (Å²) in [5, 5.41) is 0. The third-order valence-corrected chi connectivity index (χ3v) is 3.53. The largest absolute Gasteiger partial charge is 0.383 e. The van der Waals surface area contributed by atoms with Crippen LogP contribution in [-0.2, 0) is 6.54 Å². The average molecular weight is 289 g/mol. The summed E-state index contributed by atoms with van der Waals surface area (Å²) < 4.78 is 15.5. The van der Waals surface area contributed by atoms with E-state index in [2.05, 4.69) is 32.3 Å². The SMILES string of the molecule is Cc1cc(-c2nc(C(C)C)n(CC(C)C)c2N)ccc1F. The smallest absolute Gasteiger partial charge is 0.131 e. The molecule has 0 radical (unpaired) electrons. The van der Waals surface area contributed by atoms with Gasteiger partial charge < -0.3 is 10.3 Å². The van der Waals surface area contributed by atoms with E-state index in [1.807, 2.05) is 0 Å². The van der Waals surface area contributed by atoms with Crippen molar-refractivity contribution in [3.05, 3.63) is 35.4 Å². The maximum absolute atomic E-state index is 13.4. The predicted octanol–water partition coefficient (Wildman–Crippen LogP) is 4.36. The number of hydrogen-bond acceptors (Lipinski definition) is 2. The van der Waals surface area contributed by atoms with Crippen LogP contribution in [0.4, 0.5) is 10.2 Å². The highest BCUT2D eigenvalue weighted by atomic mass is 19.1. The summed E-state index contributed by atoms with van der Waals surface area (Å²) >= 11 is 0. The Morgan fingerprint density at radius 3 is 2.43 bits per heavy atom. The molecule has 0 aliphatic carbocycles. The molecule has 21 heavy (non-hydrogen) atoms. The number of benzene rings is 1. The second kappa shape index (κ2) is 5.88. The van der Waals surface area contributed by atoms with Crippen molar-refractivity contribution in [3.63, 3.8) is 0 Å². The number of hydrogen-bond donors (Lipinski definition) is 1. The van der Waals surface area contributed by atoms with E-state index >= 15 is 0 Å². The van der Waals surface area contributed by atoms with E-state index in [0.29, 0.717) is 23.2 Å². The number of anilines is 1. The molecular weight excluding hydrogens is 265 g/mol. The van der Waals surface area contributed by atoms with Gasteiger partial charge in [0.2, 0.25) is 0 Å². The van der Waals surface area contributed by atoms with Crippen LogP contribution in [0, 0.1) is 18.7 Å². The topological polar surface area (TPSA) is 43.8 Å². The first kappa shape index (κ1) is 15.5. The molecular formula is C17H24FN3. The molecule has 1 heterocycles. The molecule has 2 rings (SSSR count). The molecule has 4 heteroatoms. The van der Waals surface area contributed by atoms with Crippen LogP contribution in [0.1, 0.15) is 45.0 Å². The zero-order valence-electron chi connectivity index (χ0n) is 13.4. The van der Waals surface area contributed by atoms with Gasteiger partial charge in [0.25, 0.3) is 0 Å². The summed E-state index contributed by atoms with van der Waals surface area (Å²) in [6.45, 7) is 11.1. The van der Waals surface area contributed by atoms with Gasteiger partial charge in [-0.15, -0.1) is 0 Å². The van der Waals surface area contributed by atoms with Crippen molar-refractivity contribution in [2.45, 2.75) is 47.1 Å². The minimum Gasteiger partial charge on any atom is -0.383 e. The average Bonchev–Trinajstić information content (AvgIpc) is 2.70. The second-order valence-electron chi connectivity index (χ2n) is 6.33. The van der Waals surface area contributed by atoms with Crippen molar-refractivity contribution in [2.75, 3.05) is 5.73 Å². The second-order valence-corrected chi connectivity index (χ2v) is 6.33. The van der Waals surface area contributed by atoms with Gasteiger partial charge in [-0.05, 0) is 36.6 Å². The quantitative estimate of drug-likeness (QED) is 0.908. The van der Waals surface area contributed by atoms with Gasteiger partial charge >= 0.3 is 0 Å². The Morgan fingerprint density at radius 2 is 1.90 bits per heavy atom. The van der Waals surface area contributed by atoms with E-state index in [1.165, 1.54) is 6.07 Å². The zero-order chi connectivity index (χ0) is 15.7. The minimum atomic E-state index is -0.206. The van der Waals surface area contributed by atoms with Crippen LogP contribution in [-0.4, -0.2) is 9.55 Å². The number of rotatable bonds is 4. The molecule has 0 aliphatic rings. The Bertz CT molecular complexity index is 642. The van der Waals surface area contributed by atoms with Crippen LogP contribution in [0.25, 0.3) is 11.3 Å². The summed E-state index contributed by atoms with van der Waals surface area (Å²) in [5.41, 5.74) is 8.55. The monoisotopic (exact) mass is 289 g/mol. The highest BCUT2D eigenvalue weighted by Crippen LogP contribution is 2.31. The molecule has 0 saturated heterocycles. The number of nitrogen functional groups attached to an aromatic ring is 1. The Labute approximate surface area is 126 Å². The number of nitrogens with zero attached hydrogens (tertiary/aromatic N) is 2. The summed E-state index contributed by atoms with van der Waals surface area (Å²) in [6, 6.07) is 5.02. The molecule has 114 valence electrons. The van der Waals surface area contributed by atoms with Crippen LogP contribution in [0.3, 0.4) is 0 Å². The Balaban J connectivity index is 2.56. The number of aryl methyl sites for hydroxylation is 1. The lowest BCUT2D eigenvalue weighted by Gasteiger charge is -2.14. The van der Waals surface area contributed by atoms with Gasteiger partial charge in [-0.2, -0.15) is 0 Å². The van der Waals surface area contributed by atoms with E-state index in [-0.39, 0.29) is 5.82 Å². The first-order chi connectivity index (χ1) is 9.81. The highest BCUT2D eigenvalue weighted by Gasteiger charge is 2.19. The zero-order valence-corrected chi connectivity index (χ0v) is 13.4. The van der Waals surface area contributed by atoms with Crippen LogP contribution in [0.2, 0.25) is 0 Å². The van der Waals surface area contributed by atoms with Crippen molar-refractivity contribution in [2.24, 2.45) is 5.92 Å². The molecule has 0 atom stereocenters. The van der Waals surface area contributed by atoms with E-state index in [0.717, 1.165) is 23.6 Å². The van der Waals surface area contributed by atoms with Crippen molar-refractivity contribution >= 4 is 5.82 Å². The molecule has 0 unspecified atom stereocenters. The van der Waals surface area contributed by atoms with Crippen LogP contribution >= 0.6 is 0 Å². The Kier molecular flexibility index (Phi) is 4.35. The van der Waals surface area contributed by atoms with E-state index in [9.17, 15) is 4.39 Å². The van der Waals surface area contributed by atoms with Gasteiger partial charge in [0.1, 0.15) is 23.2 Å². The summed E-state index contributed by atoms with van der Waals surface area (Å²) in [5.74, 6) is 2.22. The van der Waals surface area contributed by atoms with E-state index in [4.69, 9.17) is 10.7 Å². The summed E-state index contributed by atoms with van der Waals surface area (Å²) in [4.78, 5) is 4.72. The molecule has 2 N–H and O–H groups in total. The van der Waals surface area contributed by atoms with E-state index < -0.39 is 0 Å². The van der Waals surface area contributed by atoms with Crippen molar-refractivity contribution in [1.29, 1.82) is 0 Å². The number of aromatic nitrogens is 2. The van der Waals surface area contributed by atoms with Gasteiger partial charge in [-0.25, -0.2) is 9.37 Å². The van der Waals surface area contributed by atoms with Crippen molar-refractivity contribution < 1.29 is 4.39 Å². The highest BCUT2D eigenvalue weighted by molar-refractivity contribution is 5.71. The van der Waals surface area contributed by atoms with E-state index in [1.54, 1.807) is 19.1 Å². The molecule has 0 spiro atoms. The molecule has 0 bridgehead atoms. The van der Waals surface area contributed by atoms with Gasteiger partial charge in [0.15, 0.2) is 0 Å². The molecule has 0 amide bonds. The lowest BCUT2D eigenvalue weighted by atomic mass is 10.1. The lowest BCUT2D eigenvalue weighted by Crippen LogP contribution is -2.12. The minimum absolute atomic E-state index is 0.206. The maximum atomic E-state index is 13.4. The molecule has 0 fully saturated rings. The predicted molar refractivity (Wildman–Crippen MR) is 85.7 cm³/mol. The first-order valence-corrected chi connectivity index (χ1v) is 7.43. The summed E-state index contributed by atoms with van der Waals surface area (Å²) in [6.07, 6.45) is 0. The normalized spacial score (nSPS) is 11.6. The summed E-state index contributed by atoms with van der Waals surface area (Å²) in [7, 11) is 0. The number of imidazole rings is 1. The molecule has 0 saturated carbocycles. The number of nitrogens with two attached hydrogens (primary N) is 1. The molecule has 3 nitrogen and oxygen atoms in total. The van der Waals surface area contributed by atoms with Gasteiger partial charge in [0, 0.05) is 18.0 Å².